The van der Waals surface area contributed by atoms with Crippen molar-refractivity contribution in [2.45, 2.75) is 11.8 Å². The van der Waals surface area contributed by atoms with Crippen LogP contribution in [0, 0.1) is 6.92 Å². The first-order valence-electron chi connectivity index (χ1n) is 4.80. The quantitative estimate of drug-likeness (QED) is 0.865. The molecule has 1 aromatic heterocycles. The predicted octanol–water partition coefficient (Wildman–Crippen LogP) is 3.31. The minimum Gasteiger partial charge on any atom is -0.336 e. The first kappa shape index (κ1) is 13.6. The molecule has 0 radical (unpaired) electrons. The maximum atomic E-state index is 12.1. The lowest BCUT2D eigenvalue weighted by Gasteiger charge is -2.05. The summed E-state index contributed by atoms with van der Waals surface area (Å²) in [4.78, 5) is 0.137. The number of rotatable bonds is 3. The number of sulfonamides is 1. The molecular weight excluding hydrogens is 388 g/mol. The number of aryl methyl sites for hydroxylation is 1. The maximum absolute atomic E-state index is 12.1. The van der Waals surface area contributed by atoms with E-state index in [4.69, 9.17) is 4.52 Å². The van der Waals surface area contributed by atoms with Crippen LogP contribution in [-0.2, 0) is 10.0 Å². The molecule has 0 aliphatic rings. The molecule has 1 N–H and O–H groups in total. The van der Waals surface area contributed by atoms with Gasteiger partial charge < -0.3 is 4.52 Å². The van der Waals surface area contributed by atoms with Crippen molar-refractivity contribution in [2.24, 2.45) is 0 Å². The molecule has 0 amide bonds. The molecule has 1 aromatic carbocycles. The van der Waals surface area contributed by atoms with Gasteiger partial charge in [-0.05, 0) is 41.1 Å². The molecule has 18 heavy (non-hydrogen) atoms. The van der Waals surface area contributed by atoms with Gasteiger partial charge in [-0.25, -0.2) is 13.1 Å². The van der Waals surface area contributed by atoms with E-state index in [1.54, 1.807) is 19.1 Å². The Morgan fingerprint density at radius 1 is 1.33 bits per heavy atom. The van der Waals surface area contributed by atoms with E-state index in [2.05, 4.69) is 41.7 Å². The van der Waals surface area contributed by atoms with E-state index in [0.29, 0.717) is 14.6 Å². The number of nitrogens with one attached hydrogen (secondary N) is 1. The van der Waals surface area contributed by atoms with Gasteiger partial charge in [-0.15, -0.1) is 0 Å². The Bertz CT molecular complexity index is 682. The number of aromatic nitrogens is 1. The zero-order chi connectivity index (χ0) is 13.3. The molecule has 2 rings (SSSR count). The van der Waals surface area contributed by atoms with Crippen molar-refractivity contribution in [1.29, 1.82) is 0 Å². The smallest absolute Gasteiger partial charge is 0.264 e. The summed E-state index contributed by atoms with van der Waals surface area (Å²) in [6.07, 6.45) is 0. The number of hydrogen-bond donors (Lipinski definition) is 1. The molecule has 1 heterocycles. The summed E-state index contributed by atoms with van der Waals surface area (Å²) in [5.41, 5.74) is 0.571. The van der Waals surface area contributed by atoms with Crippen molar-refractivity contribution >= 4 is 47.8 Å². The Morgan fingerprint density at radius 2 is 2.06 bits per heavy atom. The zero-order valence-corrected chi connectivity index (χ0v) is 13.1. The average molecular weight is 396 g/mol. The lowest BCUT2D eigenvalue weighted by Crippen LogP contribution is -2.12. The van der Waals surface area contributed by atoms with Gasteiger partial charge in [0, 0.05) is 4.47 Å². The minimum atomic E-state index is -3.69. The largest absolute Gasteiger partial charge is 0.336 e. The van der Waals surface area contributed by atoms with E-state index in [-0.39, 0.29) is 10.8 Å². The molecule has 2 aromatic rings. The molecule has 0 atom stereocenters. The summed E-state index contributed by atoms with van der Waals surface area (Å²) in [6, 6.07) is 6.37. The predicted molar refractivity (Wildman–Crippen MR) is 73.9 cm³/mol. The van der Waals surface area contributed by atoms with Crippen molar-refractivity contribution in [3.05, 3.63) is 38.9 Å². The standard InChI is InChI=1S/C10H8Br2N2O3S/c1-6-9(12)10(17-13-6)14-18(15,16)8-4-2-3-7(11)5-8/h2-5,14H,1H3. The van der Waals surface area contributed by atoms with Gasteiger partial charge in [0.25, 0.3) is 15.9 Å². The van der Waals surface area contributed by atoms with Gasteiger partial charge in [0.15, 0.2) is 0 Å². The van der Waals surface area contributed by atoms with Gasteiger partial charge in [-0.1, -0.05) is 27.2 Å². The third-order valence-corrected chi connectivity index (χ3v) is 4.88. The summed E-state index contributed by atoms with van der Waals surface area (Å²) in [6.45, 7) is 1.70. The Kier molecular flexibility index (Phi) is 3.79. The van der Waals surface area contributed by atoms with Crippen LogP contribution in [0.25, 0.3) is 0 Å². The molecule has 0 spiro atoms. The highest BCUT2D eigenvalue weighted by Gasteiger charge is 2.19. The van der Waals surface area contributed by atoms with Crippen LogP contribution in [0.3, 0.4) is 0 Å². The van der Waals surface area contributed by atoms with Crippen molar-refractivity contribution in [2.75, 3.05) is 4.72 Å². The molecule has 0 fully saturated rings. The van der Waals surface area contributed by atoms with Gasteiger partial charge in [0.05, 0.1) is 10.6 Å². The van der Waals surface area contributed by atoms with Crippen molar-refractivity contribution in [3.63, 3.8) is 0 Å². The van der Waals surface area contributed by atoms with Crippen LogP contribution in [-0.4, -0.2) is 13.6 Å². The van der Waals surface area contributed by atoms with Crippen molar-refractivity contribution in [1.82, 2.24) is 5.16 Å². The number of nitrogens with zero attached hydrogens (tertiary/aromatic N) is 1. The SMILES string of the molecule is Cc1noc(NS(=O)(=O)c2cccc(Br)c2)c1Br. The van der Waals surface area contributed by atoms with E-state index in [1.165, 1.54) is 12.1 Å². The van der Waals surface area contributed by atoms with Crippen LogP contribution >= 0.6 is 31.9 Å². The highest BCUT2D eigenvalue weighted by Crippen LogP contribution is 2.28. The van der Waals surface area contributed by atoms with Gasteiger partial charge in [-0.2, -0.15) is 0 Å². The van der Waals surface area contributed by atoms with Crippen molar-refractivity contribution in [3.8, 4) is 0 Å². The molecule has 0 saturated carbocycles. The van der Waals surface area contributed by atoms with E-state index < -0.39 is 10.0 Å². The fourth-order valence-electron chi connectivity index (χ4n) is 1.24. The van der Waals surface area contributed by atoms with Crippen LogP contribution in [0.5, 0.6) is 0 Å². The van der Waals surface area contributed by atoms with E-state index in [9.17, 15) is 8.42 Å². The molecule has 5 nitrogen and oxygen atoms in total. The van der Waals surface area contributed by atoms with Crippen molar-refractivity contribution < 1.29 is 12.9 Å². The van der Waals surface area contributed by atoms with E-state index >= 15 is 0 Å². The average Bonchev–Trinajstić information content (AvgIpc) is 2.61. The molecular formula is C10H8Br2N2O3S. The highest BCUT2D eigenvalue weighted by molar-refractivity contribution is 9.11. The van der Waals surface area contributed by atoms with Crippen LogP contribution < -0.4 is 4.72 Å². The Labute approximate surface area is 121 Å². The zero-order valence-electron chi connectivity index (χ0n) is 9.15. The second kappa shape index (κ2) is 5.02. The first-order valence-corrected chi connectivity index (χ1v) is 7.87. The number of hydrogen-bond acceptors (Lipinski definition) is 4. The number of anilines is 1. The number of halogens is 2. The number of benzene rings is 1. The Hall–Kier alpha value is -0.860. The second-order valence-electron chi connectivity index (χ2n) is 3.47. The van der Waals surface area contributed by atoms with E-state index in [1.807, 2.05) is 0 Å². The monoisotopic (exact) mass is 394 g/mol. The summed E-state index contributed by atoms with van der Waals surface area (Å²) >= 11 is 6.42. The summed E-state index contributed by atoms with van der Waals surface area (Å²) < 4.78 is 32.5. The lowest BCUT2D eigenvalue weighted by molar-refractivity contribution is 0.430. The summed E-state index contributed by atoms with van der Waals surface area (Å²) in [7, 11) is -3.69. The third-order valence-electron chi connectivity index (χ3n) is 2.12. The maximum Gasteiger partial charge on any atom is 0.264 e. The van der Waals surface area contributed by atoms with Crippen LogP contribution in [0.1, 0.15) is 5.69 Å². The van der Waals surface area contributed by atoms with Gasteiger partial charge in [-0.3, -0.25) is 0 Å². The second-order valence-corrected chi connectivity index (χ2v) is 6.87. The Balaban J connectivity index is 2.36. The lowest BCUT2D eigenvalue weighted by atomic mass is 10.4. The molecule has 0 aliphatic heterocycles. The van der Waals surface area contributed by atoms with Gasteiger partial charge in [0.2, 0.25) is 0 Å². The summed E-state index contributed by atoms with van der Waals surface area (Å²) in [5, 5.41) is 3.65. The van der Waals surface area contributed by atoms with Gasteiger partial charge in [0.1, 0.15) is 4.47 Å². The third kappa shape index (κ3) is 2.76. The molecule has 0 aliphatic carbocycles. The summed E-state index contributed by atoms with van der Waals surface area (Å²) in [5.74, 6) is 0.0625. The van der Waals surface area contributed by atoms with Crippen LogP contribution in [0.15, 0.2) is 42.6 Å². The first-order chi connectivity index (χ1) is 8.40. The minimum absolute atomic E-state index is 0.0625. The topological polar surface area (TPSA) is 72.2 Å². The molecule has 0 unspecified atom stereocenters. The molecule has 0 bridgehead atoms. The van der Waals surface area contributed by atoms with Crippen LogP contribution in [0.2, 0.25) is 0 Å². The normalized spacial score (nSPS) is 11.5. The Morgan fingerprint density at radius 3 is 2.61 bits per heavy atom. The fraction of sp³-hybridized carbons (Fsp3) is 0.100. The molecule has 8 heteroatoms. The van der Waals surface area contributed by atoms with E-state index in [0.717, 1.165) is 0 Å². The van der Waals surface area contributed by atoms with Crippen LogP contribution in [0.4, 0.5) is 5.88 Å². The fourth-order valence-corrected chi connectivity index (χ4v) is 3.20. The highest BCUT2D eigenvalue weighted by atomic mass is 79.9. The molecule has 96 valence electrons. The van der Waals surface area contributed by atoms with Gasteiger partial charge >= 0.3 is 0 Å². The molecule has 0 saturated heterocycles.